The van der Waals surface area contributed by atoms with E-state index in [0.29, 0.717) is 12.3 Å². The highest BCUT2D eigenvalue weighted by molar-refractivity contribution is 5.72. The van der Waals surface area contributed by atoms with Gasteiger partial charge in [-0.2, -0.15) is 0 Å². The van der Waals surface area contributed by atoms with Crippen LogP contribution in [0.2, 0.25) is 0 Å². The van der Waals surface area contributed by atoms with Gasteiger partial charge in [-0.1, -0.05) is 51.5 Å². The first-order valence-corrected chi connectivity index (χ1v) is 7.46. The molecule has 112 valence electrons. The van der Waals surface area contributed by atoms with Crippen LogP contribution >= 0.6 is 0 Å². The Hall–Kier alpha value is -1.35. The van der Waals surface area contributed by atoms with E-state index in [1.165, 1.54) is 19.1 Å². The highest BCUT2D eigenvalue weighted by atomic mass is 16.5. The molecule has 0 spiro atoms. The monoisotopic (exact) mass is 277 g/mol. The smallest absolute Gasteiger partial charge is 0.309 e. The topological polar surface area (TPSA) is 29.5 Å². The van der Waals surface area contributed by atoms with Crippen LogP contribution in [0.15, 0.2) is 24.3 Å². The van der Waals surface area contributed by atoms with Crippen molar-refractivity contribution >= 4 is 5.97 Å². The standard InChI is InChI=1S/C17H27NO2/c1-5-14(3)12-18(6-2)13-16-10-8-7-9-15(16)11-17(19)20-4/h7-10,14H,5-6,11-13H2,1-4H3. The van der Waals surface area contributed by atoms with Crippen molar-refractivity contribution in [1.82, 2.24) is 4.90 Å². The Balaban J connectivity index is 2.76. The van der Waals surface area contributed by atoms with Gasteiger partial charge in [0.2, 0.25) is 0 Å². The highest BCUT2D eigenvalue weighted by Crippen LogP contribution is 2.15. The molecular formula is C17H27NO2. The van der Waals surface area contributed by atoms with Crippen LogP contribution in [0.1, 0.15) is 38.3 Å². The van der Waals surface area contributed by atoms with Crippen LogP contribution in [0, 0.1) is 5.92 Å². The number of nitrogens with zero attached hydrogens (tertiary/aromatic N) is 1. The third kappa shape index (κ3) is 5.33. The van der Waals surface area contributed by atoms with Crippen LogP contribution in [0.3, 0.4) is 0 Å². The second-order valence-corrected chi connectivity index (χ2v) is 5.36. The molecule has 0 saturated carbocycles. The number of benzene rings is 1. The largest absolute Gasteiger partial charge is 0.469 e. The number of carbonyl (C=O) groups excluding carboxylic acids is 1. The summed E-state index contributed by atoms with van der Waals surface area (Å²) in [5, 5.41) is 0. The van der Waals surface area contributed by atoms with Gasteiger partial charge in [-0.25, -0.2) is 0 Å². The minimum absolute atomic E-state index is 0.178. The maximum absolute atomic E-state index is 11.5. The van der Waals surface area contributed by atoms with Crippen molar-refractivity contribution in [3.05, 3.63) is 35.4 Å². The van der Waals surface area contributed by atoms with Crippen molar-refractivity contribution in [2.24, 2.45) is 5.92 Å². The minimum Gasteiger partial charge on any atom is -0.469 e. The predicted octanol–water partition coefficient (Wildman–Crippen LogP) is 3.27. The second kappa shape index (κ2) is 8.75. The van der Waals surface area contributed by atoms with Gasteiger partial charge < -0.3 is 4.74 Å². The third-order valence-electron chi connectivity index (χ3n) is 3.79. The van der Waals surface area contributed by atoms with E-state index in [9.17, 15) is 4.79 Å². The van der Waals surface area contributed by atoms with E-state index in [1.54, 1.807) is 0 Å². The van der Waals surface area contributed by atoms with Gasteiger partial charge in [-0.3, -0.25) is 9.69 Å². The van der Waals surface area contributed by atoms with E-state index in [-0.39, 0.29) is 5.97 Å². The van der Waals surface area contributed by atoms with Crippen LogP contribution < -0.4 is 0 Å². The summed E-state index contributed by atoms with van der Waals surface area (Å²) in [6.07, 6.45) is 1.55. The first-order valence-electron chi connectivity index (χ1n) is 7.46. The Morgan fingerprint density at radius 3 is 2.45 bits per heavy atom. The van der Waals surface area contributed by atoms with Gasteiger partial charge in [0.1, 0.15) is 0 Å². The van der Waals surface area contributed by atoms with Gasteiger partial charge in [-0.15, -0.1) is 0 Å². The summed E-state index contributed by atoms with van der Waals surface area (Å²) in [6, 6.07) is 8.14. The molecule has 20 heavy (non-hydrogen) atoms. The molecule has 1 aromatic rings. The third-order valence-corrected chi connectivity index (χ3v) is 3.79. The maximum atomic E-state index is 11.5. The fourth-order valence-corrected chi connectivity index (χ4v) is 2.23. The molecule has 0 fully saturated rings. The lowest BCUT2D eigenvalue weighted by atomic mass is 10.0. The van der Waals surface area contributed by atoms with E-state index >= 15 is 0 Å². The molecule has 1 rings (SSSR count). The quantitative estimate of drug-likeness (QED) is 0.683. The van der Waals surface area contributed by atoms with Gasteiger partial charge in [0, 0.05) is 13.1 Å². The van der Waals surface area contributed by atoms with E-state index in [1.807, 2.05) is 18.2 Å². The molecule has 1 aromatic carbocycles. The molecule has 0 N–H and O–H groups in total. The average Bonchev–Trinajstić information content (AvgIpc) is 2.47. The summed E-state index contributed by atoms with van der Waals surface area (Å²) in [5.74, 6) is 0.519. The van der Waals surface area contributed by atoms with Crippen LogP contribution in [0.4, 0.5) is 0 Å². The van der Waals surface area contributed by atoms with Crippen LogP contribution in [-0.2, 0) is 22.5 Å². The van der Waals surface area contributed by atoms with Gasteiger partial charge in [-0.05, 0) is 23.6 Å². The number of hydrogen-bond donors (Lipinski definition) is 0. The van der Waals surface area contributed by atoms with Crippen molar-refractivity contribution in [1.29, 1.82) is 0 Å². The molecule has 3 heteroatoms. The van der Waals surface area contributed by atoms with Gasteiger partial charge in [0.25, 0.3) is 0 Å². The number of rotatable bonds is 8. The highest BCUT2D eigenvalue weighted by Gasteiger charge is 2.12. The van der Waals surface area contributed by atoms with Crippen molar-refractivity contribution in [2.75, 3.05) is 20.2 Å². The van der Waals surface area contributed by atoms with Crippen molar-refractivity contribution in [2.45, 2.75) is 40.2 Å². The number of hydrogen-bond acceptors (Lipinski definition) is 3. The molecule has 0 aliphatic rings. The number of ether oxygens (including phenoxy) is 1. The molecule has 3 nitrogen and oxygen atoms in total. The fraction of sp³-hybridized carbons (Fsp3) is 0.588. The van der Waals surface area contributed by atoms with Gasteiger partial charge in [0.05, 0.1) is 13.5 Å². The van der Waals surface area contributed by atoms with Gasteiger partial charge in [0.15, 0.2) is 0 Å². The zero-order valence-electron chi connectivity index (χ0n) is 13.2. The molecule has 0 aliphatic heterocycles. The summed E-state index contributed by atoms with van der Waals surface area (Å²) in [7, 11) is 1.44. The lowest BCUT2D eigenvalue weighted by Crippen LogP contribution is -2.28. The molecule has 0 radical (unpaired) electrons. The summed E-state index contributed by atoms with van der Waals surface area (Å²) < 4.78 is 4.77. The molecular weight excluding hydrogens is 250 g/mol. The van der Waals surface area contributed by atoms with Crippen molar-refractivity contribution in [3.8, 4) is 0 Å². The van der Waals surface area contributed by atoms with Crippen LogP contribution in [0.5, 0.6) is 0 Å². The molecule has 1 atom stereocenters. The van der Waals surface area contributed by atoms with Crippen LogP contribution in [-0.4, -0.2) is 31.1 Å². The number of methoxy groups -OCH3 is 1. The first kappa shape index (κ1) is 16.7. The minimum atomic E-state index is -0.178. The summed E-state index contributed by atoms with van der Waals surface area (Å²) in [5.41, 5.74) is 2.30. The number of carbonyl (C=O) groups is 1. The van der Waals surface area contributed by atoms with E-state index in [4.69, 9.17) is 4.74 Å². The molecule has 0 saturated heterocycles. The van der Waals surface area contributed by atoms with Gasteiger partial charge >= 0.3 is 5.97 Å². The van der Waals surface area contributed by atoms with E-state index < -0.39 is 0 Å². The summed E-state index contributed by atoms with van der Waals surface area (Å²) in [6.45, 7) is 9.71. The Bertz CT molecular complexity index is 417. The molecule has 0 bridgehead atoms. The lowest BCUT2D eigenvalue weighted by molar-refractivity contribution is -0.139. The van der Waals surface area contributed by atoms with E-state index in [0.717, 1.165) is 25.2 Å². The number of esters is 1. The van der Waals surface area contributed by atoms with Crippen molar-refractivity contribution in [3.63, 3.8) is 0 Å². The Morgan fingerprint density at radius 2 is 1.90 bits per heavy atom. The zero-order valence-corrected chi connectivity index (χ0v) is 13.2. The fourth-order valence-electron chi connectivity index (χ4n) is 2.23. The van der Waals surface area contributed by atoms with E-state index in [2.05, 4.69) is 31.7 Å². The molecule has 0 aliphatic carbocycles. The molecule has 1 unspecified atom stereocenters. The SMILES string of the molecule is CCC(C)CN(CC)Cc1ccccc1CC(=O)OC. The molecule has 0 heterocycles. The normalized spacial score (nSPS) is 12.4. The summed E-state index contributed by atoms with van der Waals surface area (Å²) >= 11 is 0. The molecule has 0 aromatic heterocycles. The molecule has 0 amide bonds. The second-order valence-electron chi connectivity index (χ2n) is 5.36. The van der Waals surface area contributed by atoms with Crippen LogP contribution in [0.25, 0.3) is 0 Å². The maximum Gasteiger partial charge on any atom is 0.309 e. The Labute approximate surface area is 122 Å². The zero-order chi connectivity index (χ0) is 15.0. The van der Waals surface area contributed by atoms with Crippen molar-refractivity contribution < 1.29 is 9.53 Å². The Morgan fingerprint density at radius 1 is 1.25 bits per heavy atom. The predicted molar refractivity (Wildman–Crippen MR) is 82.6 cm³/mol. The Kier molecular flexibility index (Phi) is 7.31. The summed E-state index contributed by atoms with van der Waals surface area (Å²) in [4.78, 5) is 13.9. The average molecular weight is 277 g/mol. The lowest BCUT2D eigenvalue weighted by Gasteiger charge is -2.24. The first-order chi connectivity index (χ1) is 9.60.